The molecule has 200 valence electrons. The third-order valence-corrected chi connectivity index (χ3v) is 8.64. The largest absolute Gasteiger partial charge is 0.491 e. The Bertz CT molecular complexity index is 1180. The summed E-state index contributed by atoms with van der Waals surface area (Å²) in [5, 5.41) is 19.4. The number of hydrogen-bond acceptors (Lipinski definition) is 8. The van der Waals surface area contributed by atoms with E-state index in [-0.39, 0.29) is 29.4 Å². The molecule has 10 heteroatoms. The van der Waals surface area contributed by atoms with Crippen molar-refractivity contribution in [3.63, 3.8) is 0 Å². The number of sulfonamides is 1. The van der Waals surface area contributed by atoms with Crippen LogP contribution in [0.2, 0.25) is 0 Å². The molecule has 0 aromatic heterocycles. The summed E-state index contributed by atoms with van der Waals surface area (Å²) in [6, 6.07) is 13.8. The van der Waals surface area contributed by atoms with Gasteiger partial charge >= 0.3 is 0 Å². The van der Waals surface area contributed by atoms with Crippen LogP contribution in [0, 0.1) is 23.2 Å². The van der Waals surface area contributed by atoms with Crippen molar-refractivity contribution >= 4 is 10.0 Å². The van der Waals surface area contributed by atoms with Gasteiger partial charge in [0.05, 0.1) is 29.7 Å². The maximum atomic E-state index is 13.3. The van der Waals surface area contributed by atoms with E-state index in [1.165, 1.54) is 0 Å². The van der Waals surface area contributed by atoms with Gasteiger partial charge in [-0.15, -0.1) is 0 Å². The van der Waals surface area contributed by atoms with Crippen molar-refractivity contribution in [1.82, 2.24) is 9.62 Å². The van der Waals surface area contributed by atoms with Gasteiger partial charge < -0.3 is 19.3 Å². The molecule has 1 saturated heterocycles. The lowest BCUT2D eigenvalue weighted by Gasteiger charge is -2.38. The standard InChI is InChI=1S/C27H35N3O6S/c1-34-16-22-7-10-26(11-23(22)17-35-2)37(32,33)29-27-20-5-6-21(27)14-30(13-20)15-24(31)18-36-25-8-3-19(12-28)4-9-25/h3-4,7-11,20-21,24,27,29,31H,5-6,13-18H2,1-2H3. The zero-order valence-corrected chi connectivity index (χ0v) is 22.1. The summed E-state index contributed by atoms with van der Waals surface area (Å²) >= 11 is 0. The molecule has 0 spiro atoms. The van der Waals surface area contributed by atoms with E-state index in [2.05, 4.69) is 15.7 Å². The van der Waals surface area contributed by atoms with Crippen molar-refractivity contribution < 1.29 is 27.7 Å². The molecule has 3 unspecified atom stereocenters. The van der Waals surface area contributed by atoms with Crippen molar-refractivity contribution in [1.29, 1.82) is 5.26 Å². The van der Waals surface area contributed by atoms with Gasteiger partial charge in [0.15, 0.2) is 0 Å². The fourth-order valence-electron chi connectivity index (χ4n) is 5.43. The number of methoxy groups -OCH3 is 2. The predicted molar refractivity (Wildman–Crippen MR) is 137 cm³/mol. The summed E-state index contributed by atoms with van der Waals surface area (Å²) < 4.78 is 45.7. The van der Waals surface area contributed by atoms with E-state index in [1.807, 2.05) is 0 Å². The van der Waals surface area contributed by atoms with Gasteiger partial charge in [0.1, 0.15) is 18.5 Å². The summed E-state index contributed by atoms with van der Waals surface area (Å²) in [6.45, 7) is 2.75. The zero-order valence-electron chi connectivity index (χ0n) is 21.3. The highest BCUT2D eigenvalue weighted by Crippen LogP contribution is 2.38. The first-order valence-corrected chi connectivity index (χ1v) is 14.0. The van der Waals surface area contributed by atoms with Crippen molar-refractivity contribution in [2.24, 2.45) is 11.8 Å². The minimum Gasteiger partial charge on any atom is -0.491 e. The van der Waals surface area contributed by atoms with Crippen molar-refractivity contribution in [2.45, 2.75) is 43.1 Å². The summed E-state index contributed by atoms with van der Waals surface area (Å²) in [6.07, 6.45) is 1.23. The number of β-amino-alcohol motifs (C(OH)–C–C–N with tert-alkyl or cyclic N) is 1. The second-order valence-corrected chi connectivity index (χ2v) is 11.6. The molecule has 1 aliphatic carbocycles. The fourth-order valence-corrected chi connectivity index (χ4v) is 6.86. The van der Waals surface area contributed by atoms with Crippen LogP contribution in [0.4, 0.5) is 0 Å². The number of nitrogens with zero attached hydrogens (tertiary/aromatic N) is 2. The number of likely N-dealkylation sites (tertiary alicyclic amines) is 1. The second-order valence-electron chi connectivity index (χ2n) is 9.86. The molecule has 37 heavy (non-hydrogen) atoms. The highest BCUT2D eigenvalue weighted by molar-refractivity contribution is 7.89. The first-order valence-electron chi connectivity index (χ1n) is 12.5. The number of benzene rings is 2. The number of nitriles is 1. The molecule has 0 amide bonds. The number of piperidine rings is 1. The Hall–Kier alpha value is -2.52. The smallest absolute Gasteiger partial charge is 0.240 e. The van der Waals surface area contributed by atoms with E-state index >= 15 is 0 Å². The second kappa shape index (κ2) is 12.3. The summed E-state index contributed by atoms with van der Waals surface area (Å²) in [5.41, 5.74) is 2.25. The highest BCUT2D eigenvalue weighted by Gasteiger charge is 2.44. The van der Waals surface area contributed by atoms with Crippen LogP contribution < -0.4 is 9.46 Å². The predicted octanol–water partition coefficient (Wildman–Crippen LogP) is 2.28. The Kier molecular flexibility index (Phi) is 9.18. The molecule has 3 atom stereocenters. The van der Waals surface area contributed by atoms with Crippen LogP contribution >= 0.6 is 0 Å². The Balaban J connectivity index is 1.33. The van der Waals surface area contributed by atoms with Gasteiger partial charge in [-0.2, -0.15) is 5.26 Å². The van der Waals surface area contributed by atoms with Crippen molar-refractivity contribution in [3.8, 4) is 11.8 Å². The van der Waals surface area contributed by atoms with Crippen LogP contribution in [0.3, 0.4) is 0 Å². The van der Waals surface area contributed by atoms with Gasteiger partial charge in [0.2, 0.25) is 10.0 Å². The SMILES string of the molecule is COCc1ccc(S(=O)(=O)NC2C3CCC2CN(CC(O)COc2ccc(C#N)cc2)C3)cc1COC. The third kappa shape index (κ3) is 6.87. The molecule has 1 aliphatic heterocycles. The topological polar surface area (TPSA) is 121 Å². The maximum Gasteiger partial charge on any atom is 0.240 e. The molecule has 9 nitrogen and oxygen atoms in total. The lowest BCUT2D eigenvalue weighted by molar-refractivity contribution is 0.0435. The molecule has 1 saturated carbocycles. The first kappa shape index (κ1) is 27.5. The highest BCUT2D eigenvalue weighted by atomic mass is 32.2. The molecule has 2 N–H and O–H groups in total. The lowest BCUT2D eigenvalue weighted by atomic mass is 9.93. The summed E-state index contributed by atoms with van der Waals surface area (Å²) in [5.74, 6) is 0.980. The molecule has 2 fully saturated rings. The average molecular weight is 530 g/mol. The van der Waals surface area contributed by atoms with E-state index < -0.39 is 16.1 Å². The monoisotopic (exact) mass is 529 g/mol. The molecule has 2 bridgehead atoms. The molecular formula is C27H35N3O6S. The Labute approximate surface area is 219 Å². The quantitative estimate of drug-likeness (QED) is 0.430. The number of nitrogens with one attached hydrogen (secondary N) is 1. The number of ether oxygens (including phenoxy) is 3. The Morgan fingerprint density at radius 3 is 2.32 bits per heavy atom. The van der Waals surface area contributed by atoms with E-state index in [4.69, 9.17) is 19.5 Å². The molecule has 1 heterocycles. The minimum atomic E-state index is -3.70. The van der Waals surface area contributed by atoms with E-state index in [0.29, 0.717) is 31.1 Å². The average Bonchev–Trinajstić information content (AvgIpc) is 3.10. The molecule has 4 rings (SSSR count). The Morgan fingerprint density at radius 2 is 1.70 bits per heavy atom. The van der Waals surface area contributed by atoms with Crippen LogP contribution in [-0.2, 0) is 32.7 Å². The zero-order chi connectivity index (χ0) is 26.4. The van der Waals surface area contributed by atoms with E-state index in [1.54, 1.807) is 56.7 Å². The lowest BCUT2D eigenvalue weighted by Crippen LogP contribution is -2.54. The first-order chi connectivity index (χ1) is 17.8. The third-order valence-electron chi connectivity index (χ3n) is 7.18. The van der Waals surface area contributed by atoms with Gasteiger partial charge in [0.25, 0.3) is 0 Å². The normalized spacial score (nSPS) is 22.5. The van der Waals surface area contributed by atoms with Gasteiger partial charge in [-0.25, -0.2) is 13.1 Å². The summed E-state index contributed by atoms with van der Waals surface area (Å²) in [4.78, 5) is 2.44. The van der Waals surface area contributed by atoms with Crippen molar-refractivity contribution in [3.05, 3.63) is 59.2 Å². The molecule has 2 aliphatic rings. The van der Waals surface area contributed by atoms with Crippen LogP contribution in [0.1, 0.15) is 29.5 Å². The van der Waals surface area contributed by atoms with E-state index in [0.717, 1.165) is 37.1 Å². The number of fused-ring (bicyclic) bond motifs is 2. The van der Waals surface area contributed by atoms with Gasteiger partial charge in [0, 0.05) is 39.9 Å². The fraction of sp³-hybridized carbons (Fsp3) is 0.519. The van der Waals surface area contributed by atoms with Crippen LogP contribution in [0.25, 0.3) is 0 Å². The van der Waals surface area contributed by atoms with Gasteiger partial charge in [-0.3, -0.25) is 4.90 Å². The molecule has 2 aromatic rings. The van der Waals surface area contributed by atoms with Crippen LogP contribution in [-0.4, -0.2) is 71.0 Å². The molecule has 2 aromatic carbocycles. The summed E-state index contributed by atoms with van der Waals surface area (Å²) in [7, 11) is -0.513. The van der Waals surface area contributed by atoms with E-state index in [9.17, 15) is 13.5 Å². The van der Waals surface area contributed by atoms with Gasteiger partial charge in [-0.05, 0) is 72.2 Å². The number of rotatable bonds is 12. The molecular weight excluding hydrogens is 494 g/mol. The van der Waals surface area contributed by atoms with Gasteiger partial charge in [-0.1, -0.05) is 6.07 Å². The maximum absolute atomic E-state index is 13.3. The molecule has 0 radical (unpaired) electrons. The number of aliphatic hydroxyl groups is 1. The number of hydrogen-bond donors (Lipinski definition) is 2. The van der Waals surface area contributed by atoms with Crippen LogP contribution in [0.5, 0.6) is 5.75 Å². The van der Waals surface area contributed by atoms with Crippen molar-refractivity contribution in [2.75, 3.05) is 40.5 Å². The van der Waals surface area contributed by atoms with Crippen LogP contribution in [0.15, 0.2) is 47.4 Å². The number of aliphatic hydroxyl groups excluding tert-OH is 1. The Morgan fingerprint density at radius 1 is 1.05 bits per heavy atom. The minimum absolute atomic E-state index is 0.127.